The van der Waals surface area contributed by atoms with Gasteiger partial charge in [-0.1, -0.05) is 23.7 Å². The Morgan fingerprint density at radius 1 is 1.09 bits per heavy atom. The Morgan fingerprint density at radius 2 is 1.77 bits per heavy atom. The molecule has 0 bridgehead atoms. The number of carbonyl (C=O) groups excluding carboxylic acids is 2. The van der Waals surface area contributed by atoms with E-state index >= 15 is 0 Å². The molecular weight excluding hydrogens is 375 g/mol. The van der Waals surface area contributed by atoms with Crippen LogP contribution in [-0.2, 0) is 11.2 Å². The Morgan fingerprint density at radius 3 is 2.41 bits per heavy atom. The van der Waals surface area contributed by atoms with Gasteiger partial charge in [-0.2, -0.15) is 0 Å². The topological polar surface area (TPSA) is 58.2 Å². The maximum atomic E-state index is 13.0. The van der Waals surface area contributed by atoms with Gasteiger partial charge >= 0.3 is 0 Å². The second-order valence-electron chi connectivity index (χ2n) is 4.43. The second kappa shape index (κ2) is 7.38. The minimum Gasteiger partial charge on any atom is -0.273 e. The summed E-state index contributed by atoms with van der Waals surface area (Å²) >= 11 is 8.85. The zero-order valence-corrected chi connectivity index (χ0v) is 13.5. The number of amides is 2. The molecule has 7 heteroatoms. The van der Waals surface area contributed by atoms with Crippen molar-refractivity contribution in [3.8, 4) is 0 Å². The Kier molecular flexibility index (Phi) is 5.51. The fraction of sp³-hybridized carbons (Fsp3) is 0.0667. The lowest BCUT2D eigenvalue weighted by Crippen LogP contribution is -2.42. The number of carbonyl (C=O) groups is 2. The first-order chi connectivity index (χ1) is 10.5. The highest BCUT2D eigenvalue weighted by Gasteiger charge is 2.12. The molecule has 2 amide bonds. The van der Waals surface area contributed by atoms with E-state index in [0.29, 0.717) is 9.50 Å². The monoisotopic (exact) mass is 384 g/mol. The van der Waals surface area contributed by atoms with E-state index in [1.807, 2.05) is 0 Å². The molecule has 4 nitrogen and oxygen atoms in total. The third-order valence-corrected chi connectivity index (χ3v) is 3.68. The highest BCUT2D eigenvalue weighted by Crippen LogP contribution is 2.17. The summed E-state index contributed by atoms with van der Waals surface area (Å²) in [5.74, 6) is -1.39. The number of rotatable bonds is 3. The zero-order valence-electron chi connectivity index (χ0n) is 11.2. The van der Waals surface area contributed by atoms with Gasteiger partial charge in [0.1, 0.15) is 5.82 Å². The van der Waals surface area contributed by atoms with Crippen LogP contribution in [0.25, 0.3) is 0 Å². The summed E-state index contributed by atoms with van der Waals surface area (Å²) in [6.45, 7) is 0. The normalized spacial score (nSPS) is 10.1. The van der Waals surface area contributed by atoms with Crippen LogP contribution >= 0.6 is 27.5 Å². The molecule has 0 unspecified atom stereocenters. The highest BCUT2D eigenvalue weighted by atomic mass is 79.9. The quantitative estimate of drug-likeness (QED) is 0.797. The molecule has 0 atom stereocenters. The van der Waals surface area contributed by atoms with E-state index in [1.54, 1.807) is 24.3 Å². The molecule has 2 N–H and O–H groups in total. The largest absolute Gasteiger partial charge is 0.273 e. The fourth-order valence-electron chi connectivity index (χ4n) is 1.70. The third kappa shape index (κ3) is 4.54. The summed E-state index contributed by atoms with van der Waals surface area (Å²) in [4.78, 5) is 23.6. The van der Waals surface area contributed by atoms with E-state index < -0.39 is 11.7 Å². The van der Waals surface area contributed by atoms with Crippen molar-refractivity contribution in [3.05, 3.63) is 68.9 Å². The van der Waals surface area contributed by atoms with Gasteiger partial charge in [-0.25, -0.2) is 4.39 Å². The van der Waals surface area contributed by atoms with Crippen molar-refractivity contribution in [3.63, 3.8) is 0 Å². The predicted molar refractivity (Wildman–Crippen MR) is 84.9 cm³/mol. The van der Waals surface area contributed by atoms with Crippen molar-refractivity contribution in [1.29, 1.82) is 0 Å². The molecular formula is C15H11BrClFN2O2. The van der Waals surface area contributed by atoms with Crippen molar-refractivity contribution in [1.82, 2.24) is 10.9 Å². The third-order valence-electron chi connectivity index (χ3n) is 2.77. The summed E-state index contributed by atoms with van der Waals surface area (Å²) in [5, 5.41) is 0.582. The molecule has 0 saturated carbocycles. The number of hydrogen-bond donors (Lipinski definition) is 2. The highest BCUT2D eigenvalue weighted by molar-refractivity contribution is 9.10. The van der Waals surface area contributed by atoms with Crippen LogP contribution in [-0.4, -0.2) is 11.8 Å². The molecule has 2 rings (SSSR count). The molecule has 0 saturated heterocycles. The van der Waals surface area contributed by atoms with Gasteiger partial charge in [0, 0.05) is 9.50 Å². The Hall–Kier alpha value is -1.92. The molecule has 114 valence electrons. The van der Waals surface area contributed by atoms with E-state index in [2.05, 4.69) is 26.8 Å². The molecule has 0 heterocycles. The van der Waals surface area contributed by atoms with Crippen LogP contribution in [0.2, 0.25) is 5.02 Å². The van der Waals surface area contributed by atoms with Gasteiger partial charge in [0.15, 0.2) is 0 Å². The molecule has 0 spiro atoms. The first kappa shape index (κ1) is 16.5. The van der Waals surface area contributed by atoms with Crippen LogP contribution in [0.3, 0.4) is 0 Å². The van der Waals surface area contributed by atoms with Crippen LogP contribution in [0.15, 0.2) is 46.9 Å². The molecule has 0 aliphatic rings. The van der Waals surface area contributed by atoms with Crippen molar-refractivity contribution in [2.75, 3.05) is 0 Å². The smallest absolute Gasteiger partial charge is 0.270 e. The maximum absolute atomic E-state index is 13.0. The number of hydrazine groups is 1. The van der Waals surface area contributed by atoms with Crippen LogP contribution in [0.4, 0.5) is 4.39 Å². The lowest BCUT2D eigenvalue weighted by molar-refractivity contribution is -0.121. The van der Waals surface area contributed by atoms with Gasteiger partial charge in [0.05, 0.1) is 12.0 Å². The molecule has 0 radical (unpaired) electrons. The van der Waals surface area contributed by atoms with Crippen molar-refractivity contribution >= 4 is 39.3 Å². The summed E-state index contributed by atoms with van der Waals surface area (Å²) in [6.07, 6.45) is 0.0992. The predicted octanol–water partition coefficient (Wildman–Crippen LogP) is 3.25. The molecule has 0 fully saturated rings. The van der Waals surface area contributed by atoms with Gasteiger partial charge in [-0.15, -0.1) is 0 Å². The molecule has 0 aliphatic heterocycles. The first-order valence-corrected chi connectivity index (χ1v) is 7.41. The van der Waals surface area contributed by atoms with Crippen molar-refractivity contribution in [2.45, 2.75) is 6.42 Å². The van der Waals surface area contributed by atoms with Gasteiger partial charge in [0.2, 0.25) is 5.91 Å². The summed E-state index contributed by atoms with van der Waals surface area (Å²) in [7, 11) is 0. The van der Waals surface area contributed by atoms with E-state index in [4.69, 9.17) is 11.6 Å². The van der Waals surface area contributed by atoms with Gasteiger partial charge in [-0.05, 0) is 51.8 Å². The van der Waals surface area contributed by atoms with Crippen molar-refractivity contribution in [2.24, 2.45) is 0 Å². The van der Waals surface area contributed by atoms with E-state index in [1.165, 1.54) is 12.1 Å². The Labute approximate surface area is 139 Å². The number of hydrogen-bond acceptors (Lipinski definition) is 2. The Balaban J connectivity index is 1.90. The van der Waals surface area contributed by atoms with Gasteiger partial charge < -0.3 is 0 Å². The van der Waals surface area contributed by atoms with E-state index in [-0.39, 0.29) is 17.9 Å². The second-order valence-corrected chi connectivity index (χ2v) is 5.72. The summed E-state index contributed by atoms with van der Waals surface area (Å²) in [5.41, 5.74) is 5.55. The molecule has 0 aromatic heterocycles. The van der Waals surface area contributed by atoms with Gasteiger partial charge in [0.25, 0.3) is 5.91 Å². The molecule has 22 heavy (non-hydrogen) atoms. The van der Waals surface area contributed by atoms with Crippen LogP contribution in [0.5, 0.6) is 0 Å². The Bertz CT molecular complexity index is 707. The minimum atomic E-state index is -0.545. The van der Waals surface area contributed by atoms with Crippen LogP contribution < -0.4 is 10.9 Å². The SMILES string of the molecule is O=C(Cc1ccc(Cl)cc1)NNC(=O)c1ccc(F)cc1Br. The minimum absolute atomic E-state index is 0.0992. The summed E-state index contributed by atoms with van der Waals surface area (Å²) < 4.78 is 13.3. The zero-order chi connectivity index (χ0) is 16.1. The average molecular weight is 386 g/mol. The van der Waals surface area contributed by atoms with Crippen LogP contribution in [0.1, 0.15) is 15.9 Å². The molecule has 2 aromatic rings. The fourth-order valence-corrected chi connectivity index (χ4v) is 2.36. The van der Waals surface area contributed by atoms with Crippen molar-refractivity contribution < 1.29 is 14.0 Å². The first-order valence-electron chi connectivity index (χ1n) is 6.24. The maximum Gasteiger partial charge on any atom is 0.270 e. The molecule has 0 aliphatic carbocycles. The lowest BCUT2D eigenvalue weighted by Gasteiger charge is -2.09. The molecule has 2 aromatic carbocycles. The lowest BCUT2D eigenvalue weighted by atomic mass is 10.1. The standard InChI is InChI=1S/C15H11BrClFN2O2/c16-13-8-11(18)5-6-12(13)15(22)20-19-14(21)7-9-1-3-10(17)4-2-9/h1-6,8H,7H2,(H,19,21)(H,20,22). The summed E-state index contributed by atoms with van der Waals surface area (Å²) in [6, 6.07) is 10.5. The number of benzene rings is 2. The van der Waals surface area contributed by atoms with E-state index in [0.717, 1.165) is 11.6 Å². The number of halogens is 3. The number of nitrogens with one attached hydrogen (secondary N) is 2. The van der Waals surface area contributed by atoms with Gasteiger partial charge in [-0.3, -0.25) is 20.4 Å². The van der Waals surface area contributed by atoms with E-state index in [9.17, 15) is 14.0 Å². The van der Waals surface area contributed by atoms with Crippen LogP contribution in [0, 0.1) is 5.82 Å². The average Bonchev–Trinajstić information content (AvgIpc) is 2.47.